The summed E-state index contributed by atoms with van der Waals surface area (Å²) in [5, 5.41) is 7.08. The summed E-state index contributed by atoms with van der Waals surface area (Å²) in [6.07, 6.45) is 4.67. The van der Waals surface area contributed by atoms with Gasteiger partial charge in [-0.3, -0.25) is 0 Å². The van der Waals surface area contributed by atoms with Gasteiger partial charge in [0.25, 0.3) is 0 Å². The largest absolute Gasteiger partial charge is 0.496 e. The van der Waals surface area contributed by atoms with Crippen LogP contribution in [-0.2, 0) is 4.74 Å². The SMILES string of the molecule is COC1=C(Br)C(N=NN)CC=C1. The summed E-state index contributed by atoms with van der Waals surface area (Å²) in [7, 11) is 1.61. The van der Waals surface area contributed by atoms with Gasteiger partial charge in [-0.1, -0.05) is 11.3 Å². The zero-order valence-corrected chi connectivity index (χ0v) is 8.28. The molecule has 0 aromatic heterocycles. The molecular formula is C7H10BrN3O. The number of halogens is 1. The maximum atomic E-state index is 5.08. The van der Waals surface area contributed by atoms with Crippen LogP contribution in [0.3, 0.4) is 0 Å². The lowest BCUT2D eigenvalue weighted by Crippen LogP contribution is -2.09. The molecule has 0 aliphatic heterocycles. The van der Waals surface area contributed by atoms with Crippen LogP contribution >= 0.6 is 15.9 Å². The van der Waals surface area contributed by atoms with E-state index in [0.717, 1.165) is 16.7 Å². The van der Waals surface area contributed by atoms with E-state index in [1.165, 1.54) is 0 Å². The fourth-order valence-electron chi connectivity index (χ4n) is 0.995. The number of methoxy groups -OCH3 is 1. The number of nitrogens with zero attached hydrogens (tertiary/aromatic N) is 2. The van der Waals surface area contributed by atoms with Crippen molar-refractivity contribution in [3.8, 4) is 0 Å². The summed E-state index contributed by atoms with van der Waals surface area (Å²) in [6, 6.07) is -0.0325. The van der Waals surface area contributed by atoms with Gasteiger partial charge in [0.05, 0.1) is 11.6 Å². The van der Waals surface area contributed by atoms with Crippen molar-refractivity contribution in [3.63, 3.8) is 0 Å². The molecule has 2 N–H and O–H groups in total. The molecule has 66 valence electrons. The number of hydrogen-bond acceptors (Lipinski definition) is 3. The average molecular weight is 232 g/mol. The molecule has 0 radical (unpaired) electrons. The van der Waals surface area contributed by atoms with Gasteiger partial charge in [-0.2, -0.15) is 5.11 Å². The molecule has 0 saturated carbocycles. The Morgan fingerprint density at radius 3 is 3.08 bits per heavy atom. The van der Waals surface area contributed by atoms with Crippen molar-refractivity contribution in [3.05, 3.63) is 22.4 Å². The lowest BCUT2D eigenvalue weighted by molar-refractivity contribution is 0.301. The van der Waals surface area contributed by atoms with E-state index in [1.807, 2.05) is 12.2 Å². The second-order valence-electron chi connectivity index (χ2n) is 2.30. The molecule has 1 atom stereocenters. The lowest BCUT2D eigenvalue weighted by atomic mass is 10.1. The molecule has 0 spiro atoms. The number of ether oxygens (including phenoxy) is 1. The second kappa shape index (κ2) is 4.25. The normalized spacial score (nSPS) is 23.7. The molecule has 0 aromatic carbocycles. The van der Waals surface area contributed by atoms with Crippen molar-refractivity contribution in [2.24, 2.45) is 16.2 Å². The van der Waals surface area contributed by atoms with Gasteiger partial charge in [-0.15, -0.1) is 0 Å². The molecule has 1 aliphatic rings. The molecule has 5 heteroatoms. The molecule has 12 heavy (non-hydrogen) atoms. The van der Waals surface area contributed by atoms with Crippen LogP contribution in [0.25, 0.3) is 0 Å². The van der Waals surface area contributed by atoms with Crippen molar-refractivity contribution in [2.75, 3.05) is 7.11 Å². The Morgan fingerprint density at radius 2 is 2.50 bits per heavy atom. The number of rotatable bonds is 2. The van der Waals surface area contributed by atoms with Crippen LogP contribution in [0.2, 0.25) is 0 Å². The van der Waals surface area contributed by atoms with E-state index >= 15 is 0 Å². The molecule has 0 bridgehead atoms. The average Bonchev–Trinajstić information content (AvgIpc) is 2.09. The first kappa shape index (κ1) is 9.25. The van der Waals surface area contributed by atoms with Crippen LogP contribution in [0, 0.1) is 0 Å². The maximum Gasteiger partial charge on any atom is 0.130 e. The molecule has 4 nitrogen and oxygen atoms in total. The van der Waals surface area contributed by atoms with Gasteiger partial charge < -0.3 is 10.6 Å². The molecule has 1 aliphatic carbocycles. The summed E-state index contributed by atoms with van der Waals surface area (Å²) < 4.78 is 5.97. The van der Waals surface area contributed by atoms with Crippen molar-refractivity contribution in [1.29, 1.82) is 0 Å². The number of hydrogen-bond donors (Lipinski definition) is 1. The maximum absolute atomic E-state index is 5.08. The highest BCUT2D eigenvalue weighted by Gasteiger charge is 2.17. The Kier molecular flexibility index (Phi) is 3.28. The summed E-state index contributed by atoms with van der Waals surface area (Å²) in [6.45, 7) is 0. The van der Waals surface area contributed by atoms with E-state index < -0.39 is 0 Å². The van der Waals surface area contributed by atoms with Gasteiger partial charge >= 0.3 is 0 Å². The third-order valence-corrected chi connectivity index (χ3v) is 2.50. The summed E-state index contributed by atoms with van der Waals surface area (Å²) in [4.78, 5) is 0. The summed E-state index contributed by atoms with van der Waals surface area (Å²) in [5.41, 5.74) is 0. The zero-order valence-electron chi connectivity index (χ0n) is 6.70. The minimum absolute atomic E-state index is 0.0325. The first-order valence-electron chi connectivity index (χ1n) is 3.49. The Morgan fingerprint density at radius 1 is 1.75 bits per heavy atom. The van der Waals surface area contributed by atoms with E-state index in [1.54, 1.807) is 7.11 Å². The van der Waals surface area contributed by atoms with Gasteiger partial charge in [0.2, 0.25) is 0 Å². The topological polar surface area (TPSA) is 60.0 Å². The van der Waals surface area contributed by atoms with E-state index in [2.05, 4.69) is 26.3 Å². The van der Waals surface area contributed by atoms with Crippen LogP contribution in [0.15, 0.2) is 32.7 Å². The van der Waals surface area contributed by atoms with Crippen LogP contribution in [0.5, 0.6) is 0 Å². The predicted molar refractivity (Wildman–Crippen MR) is 49.6 cm³/mol. The van der Waals surface area contributed by atoms with Crippen molar-refractivity contribution >= 4 is 15.9 Å². The lowest BCUT2D eigenvalue weighted by Gasteiger charge is -2.15. The first-order valence-corrected chi connectivity index (χ1v) is 4.29. The summed E-state index contributed by atoms with van der Waals surface area (Å²) >= 11 is 3.38. The minimum Gasteiger partial charge on any atom is -0.496 e. The standard InChI is InChI=1S/C7H10BrN3O/c1-12-6-4-2-3-5(7(6)8)10-11-9/h2,4-5H,3H2,1H3,(H2,9,10). The Hall–Kier alpha value is -0.840. The highest BCUT2D eigenvalue weighted by atomic mass is 79.9. The fourth-order valence-corrected chi connectivity index (χ4v) is 1.57. The van der Waals surface area contributed by atoms with Crippen LogP contribution in [-0.4, -0.2) is 13.2 Å². The smallest absolute Gasteiger partial charge is 0.130 e. The number of allylic oxidation sites excluding steroid dienone is 1. The predicted octanol–water partition coefficient (Wildman–Crippen LogP) is 1.89. The Bertz CT molecular complexity index is 247. The Labute approximate surface area is 79.3 Å². The summed E-state index contributed by atoms with van der Waals surface area (Å²) in [5.74, 6) is 5.74. The Balaban J connectivity index is 2.83. The van der Waals surface area contributed by atoms with Crippen molar-refractivity contribution < 1.29 is 4.74 Å². The zero-order chi connectivity index (χ0) is 8.97. The van der Waals surface area contributed by atoms with Crippen LogP contribution in [0.4, 0.5) is 0 Å². The fraction of sp³-hybridized carbons (Fsp3) is 0.429. The van der Waals surface area contributed by atoms with Crippen molar-refractivity contribution in [1.82, 2.24) is 0 Å². The molecule has 1 rings (SSSR count). The molecule has 1 unspecified atom stereocenters. The van der Waals surface area contributed by atoms with Crippen LogP contribution < -0.4 is 5.84 Å². The number of nitrogens with two attached hydrogens (primary N) is 1. The van der Waals surface area contributed by atoms with Gasteiger partial charge in [0, 0.05) is 0 Å². The van der Waals surface area contributed by atoms with Gasteiger partial charge in [-0.25, -0.2) is 0 Å². The molecule has 0 saturated heterocycles. The van der Waals surface area contributed by atoms with E-state index in [0.29, 0.717) is 0 Å². The van der Waals surface area contributed by atoms with Crippen LogP contribution in [0.1, 0.15) is 6.42 Å². The second-order valence-corrected chi connectivity index (χ2v) is 3.16. The van der Waals surface area contributed by atoms with Gasteiger partial charge in [0.15, 0.2) is 0 Å². The first-order chi connectivity index (χ1) is 5.79. The third-order valence-electron chi connectivity index (χ3n) is 1.58. The monoisotopic (exact) mass is 231 g/mol. The highest BCUT2D eigenvalue weighted by molar-refractivity contribution is 9.11. The molecule has 0 heterocycles. The van der Waals surface area contributed by atoms with Gasteiger partial charge in [-0.05, 0) is 28.4 Å². The molecule has 0 aromatic rings. The minimum atomic E-state index is -0.0325. The van der Waals surface area contributed by atoms with Gasteiger partial charge in [0.1, 0.15) is 11.8 Å². The highest BCUT2D eigenvalue weighted by Crippen LogP contribution is 2.27. The third kappa shape index (κ3) is 1.85. The van der Waals surface area contributed by atoms with E-state index in [4.69, 9.17) is 10.6 Å². The van der Waals surface area contributed by atoms with E-state index in [-0.39, 0.29) is 6.04 Å². The van der Waals surface area contributed by atoms with Crippen molar-refractivity contribution in [2.45, 2.75) is 12.5 Å². The quantitative estimate of drug-likeness (QED) is 0.449. The molecular weight excluding hydrogens is 222 g/mol. The molecule has 0 fully saturated rings. The molecule has 0 amide bonds. The van der Waals surface area contributed by atoms with E-state index in [9.17, 15) is 0 Å².